The molecule has 0 fully saturated rings. The van der Waals surface area contributed by atoms with E-state index in [4.69, 9.17) is 9.47 Å². The van der Waals surface area contributed by atoms with Gasteiger partial charge in [-0.05, 0) is 30.3 Å². The molecule has 27 heavy (non-hydrogen) atoms. The van der Waals surface area contributed by atoms with Gasteiger partial charge in [-0.15, -0.1) is 11.3 Å². The number of ether oxygens (including phenoxy) is 2. The van der Waals surface area contributed by atoms with Gasteiger partial charge in [-0.25, -0.2) is 4.98 Å². The summed E-state index contributed by atoms with van der Waals surface area (Å²) in [5.74, 6) is 1.06. The summed E-state index contributed by atoms with van der Waals surface area (Å²) >= 11 is 4.79. The van der Waals surface area contributed by atoms with E-state index >= 15 is 0 Å². The van der Waals surface area contributed by atoms with Crippen LogP contribution in [0.4, 0.5) is 5.13 Å². The fraction of sp³-hybridized carbons (Fsp3) is 0.100. The predicted molar refractivity (Wildman–Crippen MR) is 112 cm³/mol. The molecule has 1 amide bonds. The molecule has 1 aromatic heterocycles. The van der Waals surface area contributed by atoms with Gasteiger partial charge in [-0.3, -0.25) is 10.1 Å². The van der Waals surface area contributed by atoms with Gasteiger partial charge in [0.05, 0.1) is 19.9 Å². The number of hydrogen-bond acceptors (Lipinski definition) is 5. The van der Waals surface area contributed by atoms with Gasteiger partial charge in [0.2, 0.25) is 5.91 Å². The highest BCUT2D eigenvalue weighted by Gasteiger charge is 2.07. The van der Waals surface area contributed by atoms with Crippen LogP contribution in [0.5, 0.6) is 11.5 Å². The van der Waals surface area contributed by atoms with Crippen LogP contribution in [-0.4, -0.2) is 25.1 Å². The molecule has 0 aliphatic carbocycles. The minimum absolute atomic E-state index is 0.260. The van der Waals surface area contributed by atoms with Crippen LogP contribution in [0.3, 0.4) is 0 Å². The number of rotatable bonds is 6. The second kappa shape index (κ2) is 8.83. The zero-order chi connectivity index (χ0) is 19.2. The van der Waals surface area contributed by atoms with Gasteiger partial charge in [-0.2, -0.15) is 0 Å². The third kappa shape index (κ3) is 4.96. The largest absolute Gasteiger partial charge is 0.497 e. The van der Waals surface area contributed by atoms with Crippen molar-refractivity contribution in [2.45, 2.75) is 0 Å². The summed E-state index contributed by atoms with van der Waals surface area (Å²) in [5.41, 5.74) is 2.60. The molecule has 0 spiro atoms. The number of thiazole rings is 1. The summed E-state index contributed by atoms with van der Waals surface area (Å²) in [5, 5.41) is 5.24. The van der Waals surface area contributed by atoms with Crippen molar-refractivity contribution in [3.05, 3.63) is 64.0 Å². The van der Waals surface area contributed by atoms with E-state index in [2.05, 4.69) is 26.2 Å². The number of nitrogens with one attached hydrogen (secondary N) is 1. The third-order valence-electron chi connectivity index (χ3n) is 3.73. The average molecular weight is 445 g/mol. The van der Waals surface area contributed by atoms with Crippen molar-refractivity contribution in [3.63, 3.8) is 0 Å². The molecular formula is C20H17BrN2O3S. The molecule has 0 atom stereocenters. The van der Waals surface area contributed by atoms with Crippen LogP contribution < -0.4 is 14.8 Å². The molecule has 0 aliphatic rings. The molecule has 0 aliphatic heterocycles. The molecule has 138 valence electrons. The molecule has 0 radical (unpaired) electrons. The number of methoxy groups -OCH3 is 2. The van der Waals surface area contributed by atoms with Gasteiger partial charge in [-0.1, -0.05) is 28.1 Å². The first-order valence-electron chi connectivity index (χ1n) is 8.01. The van der Waals surface area contributed by atoms with Gasteiger partial charge in [0, 0.05) is 33.1 Å². The monoisotopic (exact) mass is 444 g/mol. The van der Waals surface area contributed by atoms with Crippen molar-refractivity contribution in [1.29, 1.82) is 0 Å². The lowest BCUT2D eigenvalue weighted by Crippen LogP contribution is -2.07. The van der Waals surface area contributed by atoms with E-state index in [-0.39, 0.29) is 5.91 Å². The van der Waals surface area contributed by atoms with E-state index in [1.165, 1.54) is 17.4 Å². The number of benzene rings is 2. The molecule has 1 heterocycles. The zero-order valence-corrected chi connectivity index (χ0v) is 17.1. The minimum Gasteiger partial charge on any atom is -0.497 e. The number of hydrogen-bond donors (Lipinski definition) is 1. The van der Waals surface area contributed by atoms with Crippen LogP contribution >= 0.6 is 27.3 Å². The molecule has 0 saturated heterocycles. The van der Waals surface area contributed by atoms with Crippen LogP contribution in [0.25, 0.3) is 17.3 Å². The van der Waals surface area contributed by atoms with Crippen LogP contribution in [0, 0.1) is 0 Å². The number of halogens is 1. The first-order valence-corrected chi connectivity index (χ1v) is 9.69. The SMILES string of the molecule is COc1ccc(C=CC(=O)Nc2nc(-c3ccc(Br)cc3)cs2)c(OC)c1. The molecule has 3 aromatic rings. The van der Waals surface area contributed by atoms with Crippen LogP contribution in [0.2, 0.25) is 0 Å². The smallest absolute Gasteiger partial charge is 0.250 e. The lowest BCUT2D eigenvalue weighted by atomic mass is 10.1. The normalized spacial score (nSPS) is 10.8. The van der Waals surface area contributed by atoms with E-state index in [0.717, 1.165) is 21.3 Å². The van der Waals surface area contributed by atoms with Crippen molar-refractivity contribution in [3.8, 4) is 22.8 Å². The summed E-state index contributed by atoms with van der Waals surface area (Å²) in [6.07, 6.45) is 3.14. The Hall–Kier alpha value is -2.64. The van der Waals surface area contributed by atoms with Crippen LogP contribution in [0.15, 0.2) is 58.4 Å². The van der Waals surface area contributed by atoms with E-state index in [1.807, 2.05) is 41.8 Å². The summed E-state index contributed by atoms with van der Waals surface area (Å²) in [4.78, 5) is 16.7. The Morgan fingerprint density at radius 3 is 2.63 bits per heavy atom. The van der Waals surface area contributed by atoms with Crippen LogP contribution in [0.1, 0.15) is 5.56 Å². The highest BCUT2D eigenvalue weighted by molar-refractivity contribution is 9.10. The fourth-order valence-electron chi connectivity index (χ4n) is 2.35. The number of anilines is 1. The molecule has 0 unspecified atom stereocenters. The highest BCUT2D eigenvalue weighted by atomic mass is 79.9. The Labute approximate surface area is 169 Å². The predicted octanol–water partition coefficient (Wildman–Crippen LogP) is 5.24. The Morgan fingerprint density at radius 1 is 1.15 bits per heavy atom. The Balaban J connectivity index is 1.68. The van der Waals surface area contributed by atoms with Gasteiger partial charge in [0.1, 0.15) is 11.5 Å². The Bertz CT molecular complexity index is 968. The molecular weight excluding hydrogens is 428 g/mol. The quantitative estimate of drug-likeness (QED) is 0.527. The average Bonchev–Trinajstić information content (AvgIpc) is 3.15. The van der Waals surface area contributed by atoms with Crippen molar-refractivity contribution in [2.75, 3.05) is 19.5 Å². The number of aromatic nitrogens is 1. The molecule has 0 bridgehead atoms. The van der Waals surface area contributed by atoms with Gasteiger partial charge < -0.3 is 9.47 Å². The second-order valence-electron chi connectivity index (χ2n) is 5.48. The third-order valence-corrected chi connectivity index (χ3v) is 5.02. The maximum Gasteiger partial charge on any atom is 0.250 e. The Kier molecular flexibility index (Phi) is 6.26. The van der Waals surface area contributed by atoms with Crippen molar-refractivity contribution in [1.82, 2.24) is 4.98 Å². The van der Waals surface area contributed by atoms with Gasteiger partial charge in [0.15, 0.2) is 5.13 Å². The maximum absolute atomic E-state index is 12.2. The fourth-order valence-corrected chi connectivity index (χ4v) is 3.34. The first-order chi connectivity index (χ1) is 13.1. The summed E-state index contributed by atoms with van der Waals surface area (Å²) in [6, 6.07) is 13.3. The maximum atomic E-state index is 12.2. The second-order valence-corrected chi connectivity index (χ2v) is 7.25. The highest BCUT2D eigenvalue weighted by Crippen LogP contribution is 2.27. The van der Waals surface area contributed by atoms with Crippen molar-refractivity contribution >= 4 is 44.4 Å². The molecule has 1 N–H and O–H groups in total. The summed E-state index contributed by atoms with van der Waals surface area (Å²) in [6.45, 7) is 0. The summed E-state index contributed by atoms with van der Waals surface area (Å²) in [7, 11) is 3.17. The van der Waals surface area contributed by atoms with E-state index in [0.29, 0.717) is 16.6 Å². The molecule has 2 aromatic carbocycles. The van der Waals surface area contributed by atoms with E-state index in [9.17, 15) is 4.79 Å². The number of nitrogens with zero attached hydrogens (tertiary/aromatic N) is 1. The topological polar surface area (TPSA) is 60.5 Å². The minimum atomic E-state index is -0.260. The molecule has 5 nitrogen and oxygen atoms in total. The Morgan fingerprint density at radius 2 is 1.93 bits per heavy atom. The standard InChI is InChI=1S/C20H17BrN2O3S/c1-25-16-9-5-14(18(11-16)26-2)6-10-19(24)23-20-22-17(12-27-20)13-3-7-15(21)8-4-13/h3-12H,1-2H3,(H,22,23,24). The van der Waals surface area contributed by atoms with Crippen LogP contribution in [-0.2, 0) is 4.79 Å². The van der Waals surface area contributed by atoms with Gasteiger partial charge in [0.25, 0.3) is 0 Å². The molecule has 0 saturated carbocycles. The number of amides is 1. The number of carbonyl (C=O) groups is 1. The van der Waals surface area contributed by atoms with E-state index < -0.39 is 0 Å². The zero-order valence-electron chi connectivity index (χ0n) is 14.7. The summed E-state index contributed by atoms with van der Waals surface area (Å²) < 4.78 is 11.5. The van der Waals surface area contributed by atoms with E-state index in [1.54, 1.807) is 26.4 Å². The lowest BCUT2D eigenvalue weighted by Gasteiger charge is -2.07. The number of carbonyl (C=O) groups excluding carboxylic acids is 1. The van der Waals surface area contributed by atoms with Gasteiger partial charge >= 0.3 is 0 Å². The van der Waals surface area contributed by atoms with Crippen molar-refractivity contribution in [2.24, 2.45) is 0 Å². The van der Waals surface area contributed by atoms with Crippen molar-refractivity contribution < 1.29 is 14.3 Å². The first kappa shape index (κ1) is 19.1. The lowest BCUT2D eigenvalue weighted by molar-refractivity contribution is -0.111. The molecule has 3 rings (SSSR count). The molecule has 7 heteroatoms.